The van der Waals surface area contributed by atoms with Gasteiger partial charge in [0.25, 0.3) is 0 Å². The molecule has 0 aliphatic rings. The first-order valence-electron chi connectivity index (χ1n) is 3.94. The molecule has 0 saturated carbocycles. The molecule has 0 N–H and O–H groups in total. The molecule has 0 saturated heterocycles. The summed E-state index contributed by atoms with van der Waals surface area (Å²) in [6.45, 7) is -0.358. The third-order valence-electron chi connectivity index (χ3n) is 1.30. The zero-order chi connectivity index (χ0) is 11.3. The van der Waals surface area contributed by atoms with Crippen LogP contribution in [-0.2, 0) is 4.74 Å². The van der Waals surface area contributed by atoms with E-state index in [9.17, 15) is 4.79 Å². The summed E-state index contributed by atoms with van der Waals surface area (Å²) in [6, 6.07) is 8.45. The van der Waals surface area contributed by atoms with Crippen LogP contribution in [0, 0.1) is 0 Å². The molecule has 0 heterocycles. The van der Waals surface area contributed by atoms with E-state index >= 15 is 0 Å². The molecule has 0 aliphatic heterocycles. The third-order valence-corrected chi connectivity index (χ3v) is 1.63. The molecule has 15 heavy (non-hydrogen) atoms. The molecule has 1 aromatic carbocycles. The topological polar surface area (TPSA) is 35.5 Å². The Bertz CT molecular complexity index is 321. The standard InChI is InChI=1S/C9H7Cl3O3/c10-9(11,12)6-14-8(13)15-7-4-2-1-3-5-7/h1-5H,6H2. The van der Waals surface area contributed by atoms with Gasteiger partial charge in [0.1, 0.15) is 12.4 Å². The molecule has 1 aromatic rings. The Morgan fingerprint density at radius 1 is 1.20 bits per heavy atom. The third kappa shape index (κ3) is 5.72. The van der Waals surface area contributed by atoms with Crippen molar-refractivity contribution in [2.45, 2.75) is 3.79 Å². The second-order valence-corrected chi connectivity index (χ2v) is 5.09. The Kier molecular flexibility index (Phi) is 4.51. The van der Waals surface area contributed by atoms with Gasteiger partial charge in [0, 0.05) is 0 Å². The van der Waals surface area contributed by atoms with Gasteiger partial charge < -0.3 is 9.47 Å². The van der Waals surface area contributed by atoms with Crippen molar-refractivity contribution in [1.82, 2.24) is 0 Å². The molecule has 6 heteroatoms. The van der Waals surface area contributed by atoms with Gasteiger partial charge in [0.2, 0.25) is 3.79 Å². The first-order valence-corrected chi connectivity index (χ1v) is 5.07. The fourth-order valence-corrected chi connectivity index (χ4v) is 0.919. The number of carbonyl (C=O) groups excluding carboxylic acids is 1. The average molecular weight is 270 g/mol. The first-order chi connectivity index (χ1) is 6.97. The van der Waals surface area contributed by atoms with E-state index in [1.807, 2.05) is 0 Å². The summed E-state index contributed by atoms with van der Waals surface area (Å²) >= 11 is 16.1. The Balaban J connectivity index is 2.38. The molecule has 0 unspecified atom stereocenters. The van der Waals surface area contributed by atoms with Crippen molar-refractivity contribution in [3.05, 3.63) is 30.3 Å². The van der Waals surface area contributed by atoms with Gasteiger partial charge in [-0.3, -0.25) is 0 Å². The molecule has 0 amide bonds. The lowest BCUT2D eigenvalue weighted by Crippen LogP contribution is -2.19. The summed E-state index contributed by atoms with van der Waals surface area (Å²) in [7, 11) is 0. The van der Waals surface area contributed by atoms with E-state index in [0.29, 0.717) is 5.75 Å². The molecule has 82 valence electrons. The molecule has 3 nitrogen and oxygen atoms in total. The Hall–Kier alpha value is -0.640. The monoisotopic (exact) mass is 268 g/mol. The summed E-state index contributed by atoms with van der Waals surface area (Å²) in [5.41, 5.74) is 0. The highest BCUT2D eigenvalue weighted by Crippen LogP contribution is 2.26. The van der Waals surface area contributed by atoms with E-state index in [-0.39, 0.29) is 6.61 Å². The summed E-state index contributed by atoms with van der Waals surface area (Å²) in [5, 5.41) is 0. The zero-order valence-corrected chi connectivity index (χ0v) is 9.72. The molecular weight excluding hydrogens is 262 g/mol. The van der Waals surface area contributed by atoms with E-state index in [1.54, 1.807) is 30.3 Å². The second kappa shape index (κ2) is 5.45. The van der Waals surface area contributed by atoms with Gasteiger partial charge in [0.05, 0.1) is 0 Å². The van der Waals surface area contributed by atoms with Crippen LogP contribution in [0.2, 0.25) is 0 Å². The lowest BCUT2D eigenvalue weighted by molar-refractivity contribution is 0.101. The van der Waals surface area contributed by atoms with Crippen LogP contribution in [0.4, 0.5) is 4.79 Å². The van der Waals surface area contributed by atoms with E-state index in [2.05, 4.69) is 4.74 Å². The van der Waals surface area contributed by atoms with Crippen LogP contribution in [0.5, 0.6) is 5.75 Å². The number of para-hydroxylation sites is 1. The van der Waals surface area contributed by atoms with Gasteiger partial charge in [-0.05, 0) is 12.1 Å². The number of halogens is 3. The molecule has 0 aliphatic carbocycles. The van der Waals surface area contributed by atoms with Gasteiger partial charge in [-0.15, -0.1) is 0 Å². The van der Waals surface area contributed by atoms with Crippen molar-refractivity contribution < 1.29 is 14.3 Å². The van der Waals surface area contributed by atoms with Crippen molar-refractivity contribution in [1.29, 1.82) is 0 Å². The summed E-state index contributed by atoms with van der Waals surface area (Å²) in [4.78, 5) is 11.0. The van der Waals surface area contributed by atoms with Gasteiger partial charge in [0.15, 0.2) is 0 Å². The Morgan fingerprint density at radius 3 is 2.33 bits per heavy atom. The number of ether oxygens (including phenoxy) is 2. The number of hydrogen-bond donors (Lipinski definition) is 0. The quantitative estimate of drug-likeness (QED) is 0.468. The molecule has 1 rings (SSSR count). The van der Waals surface area contributed by atoms with Crippen molar-refractivity contribution >= 4 is 41.0 Å². The smallest absolute Gasteiger partial charge is 0.429 e. The summed E-state index contributed by atoms with van der Waals surface area (Å²) in [5.74, 6) is 0.367. The minimum Gasteiger partial charge on any atom is -0.429 e. The van der Waals surface area contributed by atoms with Crippen molar-refractivity contribution in [2.75, 3.05) is 6.61 Å². The van der Waals surface area contributed by atoms with Gasteiger partial charge in [-0.25, -0.2) is 4.79 Å². The highest BCUT2D eigenvalue weighted by atomic mass is 35.6. The zero-order valence-electron chi connectivity index (χ0n) is 7.45. The molecule has 0 bridgehead atoms. The molecule has 0 atom stereocenters. The summed E-state index contributed by atoms with van der Waals surface area (Å²) < 4.78 is 7.70. The van der Waals surface area contributed by atoms with Crippen LogP contribution in [-0.4, -0.2) is 16.6 Å². The molecule has 0 fully saturated rings. The number of carbonyl (C=O) groups is 1. The number of alkyl halides is 3. The predicted octanol–water partition coefficient (Wildman–Crippen LogP) is 3.57. The second-order valence-electron chi connectivity index (χ2n) is 2.57. The van der Waals surface area contributed by atoms with E-state index < -0.39 is 9.95 Å². The molecule has 0 aromatic heterocycles. The fraction of sp³-hybridized carbons (Fsp3) is 0.222. The number of hydrogen-bond acceptors (Lipinski definition) is 3. The minimum atomic E-state index is -1.63. The van der Waals surface area contributed by atoms with Crippen molar-refractivity contribution in [2.24, 2.45) is 0 Å². The van der Waals surface area contributed by atoms with Crippen LogP contribution in [0.1, 0.15) is 0 Å². The van der Waals surface area contributed by atoms with Crippen LogP contribution < -0.4 is 4.74 Å². The lowest BCUT2D eigenvalue weighted by atomic mass is 10.3. The van der Waals surface area contributed by atoms with E-state index in [4.69, 9.17) is 39.5 Å². The molecular formula is C9H7Cl3O3. The van der Waals surface area contributed by atoms with Crippen molar-refractivity contribution in [3.63, 3.8) is 0 Å². The molecule has 0 radical (unpaired) electrons. The van der Waals surface area contributed by atoms with E-state index in [0.717, 1.165) is 0 Å². The highest BCUT2D eigenvalue weighted by molar-refractivity contribution is 6.67. The number of rotatable bonds is 2. The average Bonchev–Trinajstić information content (AvgIpc) is 2.15. The van der Waals surface area contributed by atoms with Gasteiger partial charge >= 0.3 is 6.16 Å². The first kappa shape index (κ1) is 12.4. The van der Waals surface area contributed by atoms with Crippen LogP contribution in [0.3, 0.4) is 0 Å². The van der Waals surface area contributed by atoms with Gasteiger partial charge in [-0.2, -0.15) is 0 Å². The SMILES string of the molecule is O=C(OCC(Cl)(Cl)Cl)Oc1ccccc1. The van der Waals surface area contributed by atoms with Gasteiger partial charge in [-0.1, -0.05) is 53.0 Å². The minimum absolute atomic E-state index is 0.358. The fourth-order valence-electron chi connectivity index (χ4n) is 0.755. The van der Waals surface area contributed by atoms with E-state index in [1.165, 1.54) is 0 Å². The largest absolute Gasteiger partial charge is 0.513 e. The Morgan fingerprint density at radius 2 is 1.80 bits per heavy atom. The Labute approximate surface area is 102 Å². The molecule has 0 spiro atoms. The maximum absolute atomic E-state index is 11.0. The van der Waals surface area contributed by atoms with Crippen molar-refractivity contribution in [3.8, 4) is 5.75 Å². The number of benzene rings is 1. The van der Waals surface area contributed by atoms with Crippen LogP contribution in [0.15, 0.2) is 30.3 Å². The van der Waals surface area contributed by atoms with Crippen LogP contribution >= 0.6 is 34.8 Å². The van der Waals surface area contributed by atoms with Crippen LogP contribution in [0.25, 0.3) is 0 Å². The maximum Gasteiger partial charge on any atom is 0.513 e. The predicted molar refractivity (Wildman–Crippen MR) is 58.7 cm³/mol. The lowest BCUT2D eigenvalue weighted by Gasteiger charge is -2.10. The maximum atomic E-state index is 11.0. The highest BCUT2D eigenvalue weighted by Gasteiger charge is 2.22. The normalized spacial score (nSPS) is 10.9. The summed E-state index contributed by atoms with van der Waals surface area (Å²) in [6.07, 6.45) is -0.910.